The molecule has 1 aliphatic heterocycles. The second kappa shape index (κ2) is 6.14. The zero-order valence-electron chi connectivity index (χ0n) is 10.8. The van der Waals surface area contributed by atoms with Crippen LogP contribution in [-0.4, -0.2) is 68.7 Å². The van der Waals surface area contributed by atoms with Crippen molar-refractivity contribution in [2.75, 3.05) is 45.0 Å². The average Bonchev–Trinajstić information content (AvgIpc) is 3.19. The van der Waals surface area contributed by atoms with Crippen molar-refractivity contribution in [2.24, 2.45) is 0 Å². The first-order valence-corrected chi connectivity index (χ1v) is 8.28. The smallest absolute Gasteiger partial charge is 0.215 e. The Bertz CT molecular complexity index is 373. The third kappa shape index (κ3) is 3.78. The molecule has 0 radical (unpaired) electrons. The summed E-state index contributed by atoms with van der Waals surface area (Å²) in [7, 11) is -3.12. The van der Waals surface area contributed by atoms with Gasteiger partial charge in [0.05, 0.1) is 5.75 Å². The lowest BCUT2D eigenvalue weighted by atomic mass is 10.4. The molecule has 104 valence electrons. The number of piperazine rings is 1. The Morgan fingerprint density at radius 1 is 1.33 bits per heavy atom. The van der Waals surface area contributed by atoms with Crippen molar-refractivity contribution in [2.45, 2.75) is 18.9 Å². The predicted octanol–water partition coefficient (Wildman–Crippen LogP) is -0.128. The molecule has 0 aromatic rings. The number of rotatable bonds is 7. The van der Waals surface area contributed by atoms with Crippen molar-refractivity contribution < 1.29 is 8.42 Å². The van der Waals surface area contributed by atoms with Crippen LogP contribution in [0.4, 0.5) is 0 Å². The minimum Gasteiger partial charge on any atom is -0.314 e. The summed E-state index contributed by atoms with van der Waals surface area (Å²) < 4.78 is 26.2. The van der Waals surface area contributed by atoms with Crippen LogP contribution in [0.2, 0.25) is 0 Å². The normalized spacial score (nSPS) is 22.3. The SMILES string of the molecule is C=CCN(C1CC1)S(=O)(=O)CCN1CCNCC1. The number of nitrogens with zero attached hydrogens (tertiary/aromatic N) is 2. The van der Waals surface area contributed by atoms with E-state index < -0.39 is 10.0 Å². The Kier molecular flexibility index (Phi) is 4.77. The van der Waals surface area contributed by atoms with Gasteiger partial charge in [-0.25, -0.2) is 8.42 Å². The molecule has 2 rings (SSSR count). The summed E-state index contributed by atoms with van der Waals surface area (Å²) in [5, 5.41) is 3.27. The fourth-order valence-corrected chi connectivity index (χ4v) is 4.00. The van der Waals surface area contributed by atoms with Crippen molar-refractivity contribution >= 4 is 10.0 Å². The lowest BCUT2D eigenvalue weighted by Crippen LogP contribution is -2.46. The summed E-state index contributed by atoms with van der Waals surface area (Å²) in [6.45, 7) is 8.55. The largest absolute Gasteiger partial charge is 0.314 e. The summed E-state index contributed by atoms with van der Waals surface area (Å²) in [4.78, 5) is 2.22. The highest BCUT2D eigenvalue weighted by molar-refractivity contribution is 7.89. The predicted molar refractivity (Wildman–Crippen MR) is 73.0 cm³/mol. The molecule has 1 N–H and O–H groups in total. The van der Waals surface area contributed by atoms with E-state index in [1.165, 1.54) is 0 Å². The van der Waals surface area contributed by atoms with Crippen LogP contribution in [0.3, 0.4) is 0 Å². The second-order valence-corrected chi connectivity index (χ2v) is 7.04. The molecule has 0 spiro atoms. The minimum absolute atomic E-state index is 0.232. The maximum Gasteiger partial charge on any atom is 0.215 e. The van der Waals surface area contributed by atoms with Crippen LogP contribution < -0.4 is 5.32 Å². The second-order valence-electron chi connectivity index (χ2n) is 5.00. The van der Waals surface area contributed by atoms with Gasteiger partial charge in [0.15, 0.2) is 0 Å². The van der Waals surface area contributed by atoms with E-state index in [0.717, 1.165) is 39.0 Å². The molecule has 0 aromatic carbocycles. The van der Waals surface area contributed by atoms with Gasteiger partial charge in [-0.15, -0.1) is 6.58 Å². The van der Waals surface area contributed by atoms with E-state index in [4.69, 9.17) is 0 Å². The van der Waals surface area contributed by atoms with Crippen LogP contribution >= 0.6 is 0 Å². The van der Waals surface area contributed by atoms with Crippen molar-refractivity contribution in [3.63, 3.8) is 0 Å². The van der Waals surface area contributed by atoms with E-state index in [1.54, 1.807) is 10.4 Å². The highest BCUT2D eigenvalue weighted by atomic mass is 32.2. The number of nitrogens with one attached hydrogen (secondary N) is 1. The molecule has 1 saturated carbocycles. The molecule has 0 aromatic heterocycles. The summed E-state index contributed by atoms with van der Waals surface area (Å²) in [6.07, 6.45) is 3.68. The molecule has 6 heteroatoms. The highest BCUT2D eigenvalue weighted by Crippen LogP contribution is 2.29. The lowest BCUT2D eigenvalue weighted by Gasteiger charge is -2.28. The topological polar surface area (TPSA) is 52.7 Å². The fraction of sp³-hybridized carbons (Fsp3) is 0.833. The van der Waals surface area contributed by atoms with Gasteiger partial charge in [-0.1, -0.05) is 6.08 Å². The molecular formula is C12H23N3O2S. The van der Waals surface area contributed by atoms with E-state index >= 15 is 0 Å². The molecule has 18 heavy (non-hydrogen) atoms. The number of sulfonamides is 1. The van der Waals surface area contributed by atoms with Crippen molar-refractivity contribution in [1.29, 1.82) is 0 Å². The third-order valence-electron chi connectivity index (χ3n) is 3.50. The lowest BCUT2D eigenvalue weighted by molar-refractivity contribution is 0.252. The van der Waals surface area contributed by atoms with E-state index in [9.17, 15) is 8.42 Å². The van der Waals surface area contributed by atoms with Gasteiger partial charge in [-0.3, -0.25) is 4.90 Å². The first kappa shape index (κ1) is 14.0. The van der Waals surface area contributed by atoms with Crippen molar-refractivity contribution in [3.8, 4) is 0 Å². The third-order valence-corrected chi connectivity index (χ3v) is 5.36. The Balaban J connectivity index is 1.86. The van der Waals surface area contributed by atoms with Gasteiger partial charge in [0, 0.05) is 45.3 Å². The zero-order chi connectivity index (χ0) is 13.0. The van der Waals surface area contributed by atoms with E-state index in [-0.39, 0.29) is 11.8 Å². The van der Waals surface area contributed by atoms with Gasteiger partial charge >= 0.3 is 0 Å². The first-order chi connectivity index (χ1) is 8.63. The van der Waals surface area contributed by atoms with Crippen molar-refractivity contribution in [1.82, 2.24) is 14.5 Å². The quantitative estimate of drug-likeness (QED) is 0.657. The minimum atomic E-state index is -3.12. The number of hydrogen-bond donors (Lipinski definition) is 1. The van der Waals surface area contributed by atoms with Crippen LogP contribution in [0.1, 0.15) is 12.8 Å². The van der Waals surface area contributed by atoms with Gasteiger partial charge in [0.2, 0.25) is 10.0 Å². The molecule has 0 amide bonds. The van der Waals surface area contributed by atoms with Gasteiger partial charge in [-0.05, 0) is 12.8 Å². The summed E-state index contributed by atoms with van der Waals surface area (Å²) >= 11 is 0. The maximum absolute atomic E-state index is 12.3. The highest BCUT2D eigenvalue weighted by Gasteiger charge is 2.36. The molecule has 1 heterocycles. The molecule has 1 aliphatic carbocycles. The van der Waals surface area contributed by atoms with E-state index in [1.807, 2.05) is 0 Å². The average molecular weight is 273 g/mol. The molecule has 5 nitrogen and oxygen atoms in total. The van der Waals surface area contributed by atoms with Crippen LogP contribution in [0.15, 0.2) is 12.7 Å². The molecule has 0 atom stereocenters. The summed E-state index contributed by atoms with van der Waals surface area (Å²) in [6, 6.07) is 0.232. The summed E-state index contributed by atoms with van der Waals surface area (Å²) in [5.74, 6) is 0.233. The van der Waals surface area contributed by atoms with E-state index in [2.05, 4.69) is 16.8 Å². The monoisotopic (exact) mass is 273 g/mol. The fourth-order valence-electron chi connectivity index (χ4n) is 2.28. The Morgan fingerprint density at radius 2 is 2.00 bits per heavy atom. The van der Waals surface area contributed by atoms with Crippen LogP contribution in [0.5, 0.6) is 0 Å². The molecule has 2 aliphatic rings. The van der Waals surface area contributed by atoms with Gasteiger partial charge in [0.1, 0.15) is 0 Å². The number of hydrogen-bond acceptors (Lipinski definition) is 4. The van der Waals surface area contributed by atoms with Gasteiger partial charge in [0.25, 0.3) is 0 Å². The van der Waals surface area contributed by atoms with Crippen LogP contribution in [0, 0.1) is 0 Å². The first-order valence-electron chi connectivity index (χ1n) is 6.67. The van der Waals surface area contributed by atoms with Gasteiger partial charge < -0.3 is 5.32 Å². The maximum atomic E-state index is 12.3. The Hall–Kier alpha value is -0.430. The Morgan fingerprint density at radius 3 is 2.56 bits per heavy atom. The van der Waals surface area contributed by atoms with E-state index in [0.29, 0.717) is 13.1 Å². The molecule has 1 saturated heterocycles. The standard InChI is InChI=1S/C12H23N3O2S/c1-2-7-15(12-3-4-12)18(16,17)11-10-14-8-5-13-6-9-14/h2,12-13H,1,3-11H2. The van der Waals surface area contributed by atoms with Crippen LogP contribution in [0.25, 0.3) is 0 Å². The molecule has 2 fully saturated rings. The molecule has 0 unspecified atom stereocenters. The summed E-state index contributed by atoms with van der Waals surface area (Å²) in [5.41, 5.74) is 0. The zero-order valence-corrected chi connectivity index (χ0v) is 11.7. The Labute approximate surface area is 110 Å². The van der Waals surface area contributed by atoms with Crippen LogP contribution in [-0.2, 0) is 10.0 Å². The van der Waals surface area contributed by atoms with Gasteiger partial charge in [-0.2, -0.15) is 4.31 Å². The molecular weight excluding hydrogens is 250 g/mol. The molecule has 0 bridgehead atoms. The van der Waals surface area contributed by atoms with Crippen molar-refractivity contribution in [3.05, 3.63) is 12.7 Å².